The average molecular weight is 504 g/mol. The number of methoxy groups -OCH3 is 2. The van der Waals surface area contributed by atoms with E-state index in [0.717, 1.165) is 10.2 Å². The minimum absolute atomic E-state index is 0.0941. The zero-order chi connectivity index (χ0) is 25.4. The second kappa shape index (κ2) is 9.17. The number of alkyl halides is 3. The number of nitrogens with one attached hydrogen (secondary N) is 2. The van der Waals surface area contributed by atoms with E-state index in [-0.39, 0.29) is 31.3 Å². The number of carbonyl (C=O) groups excluding carboxylic acids is 1. The van der Waals surface area contributed by atoms with Crippen LogP contribution in [0, 0.1) is 0 Å². The summed E-state index contributed by atoms with van der Waals surface area (Å²) in [6.45, 7) is 0.269. The average Bonchev–Trinajstić information content (AvgIpc) is 3.52. The van der Waals surface area contributed by atoms with Gasteiger partial charge >= 0.3 is 6.18 Å². The zero-order valence-corrected chi connectivity index (χ0v) is 19.4. The molecule has 0 saturated heterocycles. The Hall–Kier alpha value is -4.09. The van der Waals surface area contributed by atoms with Gasteiger partial charge in [0.1, 0.15) is 5.82 Å². The van der Waals surface area contributed by atoms with Gasteiger partial charge in [0, 0.05) is 19.0 Å². The first-order valence-electron chi connectivity index (χ1n) is 11.1. The van der Waals surface area contributed by atoms with Crippen molar-refractivity contribution in [3.8, 4) is 23.0 Å². The molecule has 0 spiro atoms. The maximum absolute atomic E-state index is 14.0. The molecule has 3 aromatic rings. The van der Waals surface area contributed by atoms with Gasteiger partial charge < -0.3 is 29.6 Å². The monoisotopic (exact) mass is 504 g/mol. The fourth-order valence-corrected chi connectivity index (χ4v) is 4.30. The van der Waals surface area contributed by atoms with E-state index in [1.165, 1.54) is 20.3 Å². The van der Waals surface area contributed by atoms with Gasteiger partial charge in [-0.15, -0.1) is 0 Å². The second-order valence-corrected chi connectivity index (χ2v) is 8.33. The van der Waals surface area contributed by atoms with Crippen molar-refractivity contribution in [2.45, 2.75) is 31.2 Å². The summed E-state index contributed by atoms with van der Waals surface area (Å²) in [7, 11) is 2.94. The van der Waals surface area contributed by atoms with Crippen LogP contribution in [0.5, 0.6) is 23.0 Å². The van der Waals surface area contributed by atoms with E-state index in [1.807, 2.05) is 0 Å². The number of ether oxygens (including phenoxy) is 4. The molecule has 1 aromatic heterocycles. The number of hydrogen-bond acceptors (Lipinski definition) is 7. The molecule has 9 nitrogen and oxygen atoms in total. The van der Waals surface area contributed by atoms with Crippen LogP contribution in [0.25, 0.3) is 0 Å². The number of benzene rings is 2. The molecular formula is C24H23F3N4O5. The lowest BCUT2D eigenvalue weighted by atomic mass is 9.96. The fraction of sp³-hybridized carbons (Fsp3) is 0.333. The Kier molecular flexibility index (Phi) is 6.02. The number of rotatable bonds is 6. The summed E-state index contributed by atoms with van der Waals surface area (Å²) in [5, 5.41) is 9.75. The van der Waals surface area contributed by atoms with Crippen molar-refractivity contribution in [2.75, 3.05) is 26.3 Å². The van der Waals surface area contributed by atoms with Crippen LogP contribution in [0.15, 0.2) is 42.5 Å². The SMILES string of the molecule is COc1ccc([C@H]2C[C@H](C(F)(F)F)n3nc(C(=O)NCc4ccc5c(c4)OCO5)cc3N2)cc1OC. The first kappa shape index (κ1) is 23.6. The summed E-state index contributed by atoms with van der Waals surface area (Å²) in [6, 6.07) is 8.89. The Labute approximate surface area is 204 Å². The van der Waals surface area contributed by atoms with E-state index < -0.39 is 24.2 Å². The molecule has 2 atom stereocenters. The molecule has 5 rings (SSSR count). The molecule has 1 amide bonds. The number of amides is 1. The highest BCUT2D eigenvalue weighted by Gasteiger charge is 2.47. The minimum atomic E-state index is -4.57. The summed E-state index contributed by atoms with van der Waals surface area (Å²) < 4.78 is 63.9. The molecule has 2 aliphatic heterocycles. The lowest BCUT2D eigenvalue weighted by Crippen LogP contribution is -2.35. The van der Waals surface area contributed by atoms with E-state index in [9.17, 15) is 18.0 Å². The first-order chi connectivity index (χ1) is 17.3. The zero-order valence-electron chi connectivity index (χ0n) is 19.4. The number of nitrogens with zero attached hydrogens (tertiary/aromatic N) is 2. The van der Waals surface area contributed by atoms with Crippen LogP contribution >= 0.6 is 0 Å². The van der Waals surface area contributed by atoms with Gasteiger partial charge in [-0.05, 0) is 35.4 Å². The van der Waals surface area contributed by atoms with Gasteiger partial charge in [0.05, 0.1) is 20.3 Å². The number of fused-ring (bicyclic) bond motifs is 2. The Bertz CT molecular complexity index is 1290. The summed E-state index contributed by atoms with van der Waals surface area (Å²) in [5.41, 5.74) is 1.21. The van der Waals surface area contributed by atoms with E-state index in [4.69, 9.17) is 18.9 Å². The Balaban J connectivity index is 1.37. The molecule has 0 fully saturated rings. The van der Waals surface area contributed by atoms with Crippen molar-refractivity contribution in [3.63, 3.8) is 0 Å². The number of anilines is 1. The topological polar surface area (TPSA) is 95.9 Å². The molecule has 2 N–H and O–H groups in total. The normalized spacial score (nSPS) is 18.2. The molecule has 2 aromatic carbocycles. The molecule has 0 bridgehead atoms. The largest absolute Gasteiger partial charge is 0.493 e. The highest BCUT2D eigenvalue weighted by molar-refractivity contribution is 5.93. The van der Waals surface area contributed by atoms with Gasteiger partial charge in [-0.1, -0.05) is 12.1 Å². The number of aromatic nitrogens is 2. The van der Waals surface area contributed by atoms with Crippen molar-refractivity contribution < 1.29 is 36.9 Å². The molecule has 0 saturated carbocycles. The van der Waals surface area contributed by atoms with Crippen molar-refractivity contribution in [2.24, 2.45) is 0 Å². The Morgan fingerprint density at radius 3 is 2.64 bits per heavy atom. The van der Waals surface area contributed by atoms with Gasteiger partial charge in [0.2, 0.25) is 6.79 Å². The Morgan fingerprint density at radius 1 is 1.11 bits per heavy atom. The quantitative estimate of drug-likeness (QED) is 0.519. The van der Waals surface area contributed by atoms with Gasteiger partial charge in [-0.3, -0.25) is 4.79 Å². The van der Waals surface area contributed by atoms with Crippen LogP contribution in [-0.4, -0.2) is 42.9 Å². The van der Waals surface area contributed by atoms with Crippen molar-refractivity contribution >= 4 is 11.7 Å². The van der Waals surface area contributed by atoms with Gasteiger partial charge in [-0.25, -0.2) is 4.68 Å². The van der Waals surface area contributed by atoms with Crippen LogP contribution in [0.3, 0.4) is 0 Å². The lowest BCUT2D eigenvalue weighted by molar-refractivity contribution is -0.173. The van der Waals surface area contributed by atoms with Crippen LogP contribution < -0.4 is 29.6 Å². The van der Waals surface area contributed by atoms with Crippen LogP contribution in [0.2, 0.25) is 0 Å². The molecule has 190 valence electrons. The van der Waals surface area contributed by atoms with Crippen LogP contribution in [-0.2, 0) is 6.54 Å². The molecular weight excluding hydrogens is 481 g/mol. The predicted molar refractivity (Wildman–Crippen MR) is 122 cm³/mol. The smallest absolute Gasteiger partial charge is 0.410 e. The number of carbonyl (C=O) groups is 1. The van der Waals surface area contributed by atoms with Crippen LogP contribution in [0.4, 0.5) is 19.0 Å². The summed E-state index contributed by atoms with van der Waals surface area (Å²) in [4.78, 5) is 12.7. The maximum Gasteiger partial charge on any atom is 0.410 e. The van der Waals surface area contributed by atoms with Crippen LogP contribution in [0.1, 0.15) is 40.1 Å². The molecule has 3 heterocycles. The van der Waals surface area contributed by atoms with Crippen molar-refractivity contribution in [3.05, 3.63) is 59.3 Å². The summed E-state index contributed by atoms with van der Waals surface area (Å²) in [5.74, 6) is 1.55. The highest BCUT2D eigenvalue weighted by atomic mass is 19.4. The van der Waals surface area contributed by atoms with Crippen molar-refractivity contribution in [1.82, 2.24) is 15.1 Å². The number of hydrogen-bond donors (Lipinski definition) is 2. The third kappa shape index (κ3) is 4.45. The maximum atomic E-state index is 14.0. The lowest BCUT2D eigenvalue weighted by Gasteiger charge is -2.33. The fourth-order valence-electron chi connectivity index (χ4n) is 4.30. The molecule has 0 unspecified atom stereocenters. The predicted octanol–water partition coefficient (Wildman–Crippen LogP) is 4.22. The van der Waals surface area contributed by atoms with E-state index >= 15 is 0 Å². The molecule has 0 aliphatic carbocycles. The Morgan fingerprint density at radius 2 is 1.89 bits per heavy atom. The van der Waals surface area contributed by atoms with Crippen molar-refractivity contribution in [1.29, 1.82) is 0 Å². The second-order valence-electron chi connectivity index (χ2n) is 8.33. The van der Waals surface area contributed by atoms with Gasteiger partial charge in [0.25, 0.3) is 5.91 Å². The molecule has 2 aliphatic rings. The highest BCUT2D eigenvalue weighted by Crippen LogP contribution is 2.44. The molecule has 0 radical (unpaired) electrons. The first-order valence-corrected chi connectivity index (χ1v) is 11.1. The third-order valence-electron chi connectivity index (χ3n) is 6.12. The minimum Gasteiger partial charge on any atom is -0.493 e. The van der Waals surface area contributed by atoms with Gasteiger partial charge in [-0.2, -0.15) is 18.3 Å². The molecule has 36 heavy (non-hydrogen) atoms. The van der Waals surface area contributed by atoms with E-state index in [2.05, 4.69) is 15.7 Å². The van der Waals surface area contributed by atoms with Gasteiger partial charge in [0.15, 0.2) is 34.7 Å². The van der Waals surface area contributed by atoms with E-state index in [1.54, 1.807) is 36.4 Å². The summed E-state index contributed by atoms with van der Waals surface area (Å²) >= 11 is 0. The van der Waals surface area contributed by atoms with E-state index in [0.29, 0.717) is 28.6 Å². The number of halogens is 3. The third-order valence-corrected chi connectivity index (χ3v) is 6.12. The standard InChI is InChI=1S/C24H23F3N4O5/c1-33-17-6-4-14(8-19(17)34-2)15-9-21(24(25,26)27)31-22(29-15)10-16(30-31)23(32)28-11-13-3-5-18-20(7-13)36-12-35-18/h3-8,10,15,21,29H,9,11-12H2,1-2H3,(H,28,32)/t15-,21-/m1/s1. The summed E-state index contributed by atoms with van der Waals surface area (Å²) in [6.07, 6.45) is -4.89. The molecule has 12 heteroatoms.